The lowest BCUT2D eigenvalue weighted by molar-refractivity contribution is 0.140. The number of hydrogen-bond donors (Lipinski definition) is 2. The second kappa shape index (κ2) is 6.41. The Morgan fingerprint density at radius 2 is 2.07 bits per heavy atom. The molecule has 82 valence electrons. The summed E-state index contributed by atoms with van der Waals surface area (Å²) in [7, 11) is 0. The number of nitrogens with zero attached hydrogens (tertiary/aromatic N) is 1. The maximum atomic E-state index is 9.57. The van der Waals surface area contributed by atoms with Crippen LogP contribution in [0.15, 0.2) is 24.3 Å². The van der Waals surface area contributed by atoms with Crippen LogP contribution >= 0.6 is 12.4 Å². The Hall–Kier alpha value is -1.08. The largest absolute Gasteiger partial charge is 0.391 e. The zero-order chi connectivity index (χ0) is 10.6. The number of rotatable bonds is 3. The van der Waals surface area contributed by atoms with Crippen molar-refractivity contribution in [2.75, 3.05) is 0 Å². The number of benzene rings is 1. The van der Waals surface area contributed by atoms with Gasteiger partial charge in [-0.3, -0.25) is 0 Å². The van der Waals surface area contributed by atoms with Gasteiger partial charge in [0.25, 0.3) is 0 Å². The average molecular weight is 227 g/mol. The van der Waals surface area contributed by atoms with E-state index in [4.69, 9.17) is 11.0 Å². The van der Waals surface area contributed by atoms with Gasteiger partial charge in [-0.05, 0) is 18.1 Å². The van der Waals surface area contributed by atoms with Crippen LogP contribution in [-0.2, 0) is 0 Å². The lowest BCUT2D eigenvalue weighted by Crippen LogP contribution is -2.26. The number of aliphatic hydroxyl groups excluding tert-OH is 1. The SMILES string of the molecule is CC[C@@H](O)[C@@H](N)c1ccccc1C#N.Cl. The maximum absolute atomic E-state index is 9.57. The molecule has 0 aromatic heterocycles. The molecule has 2 atom stereocenters. The smallest absolute Gasteiger partial charge is 0.0995 e. The van der Waals surface area contributed by atoms with Crippen molar-refractivity contribution in [1.29, 1.82) is 5.26 Å². The highest BCUT2D eigenvalue weighted by molar-refractivity contribution is 5.85. The predicted molar refractivity (Wildman–Crippen MR) is 61.6 cm³/mol. The van der Waals surface area contributed by atoms with Gasteiger partial charge >= 0.3 is 0 Å². The molecule has 15 heavy (non-hydrogen) atoms. The minimum Gasteiger partial charge on any atom is -0.391 e. The van der Waals surface area contributed by atoms with Crippen molar-refractivity contribution >= 4 is 12.4 Å². The molecule has 0 aliphatic heterocycles. The zero-order valence-electron chi connectivity index (χ0n) is 8.55. The second-order valence-corrected chi connectivity index (χ2v) is 3.20. The Morgan fingerprint density at radius 3 is 2.60 bits per heavy atom. The molecule has 3 nitrogen and oxygen atoms in total. The molecule has 0 unspecified atom stereocenters. The number of aliphatic hydroxyl groups is 1. The van der Waals surface area contributed by atoms with Crippen LogP contribution in [0.3, 0.4) is 0 Å². The first-order chi connectivity index (χ1) is 6.70. The third-order valence-corrected chi connectivity index (χ3v) is 2.27. The molecular formula is C11H15ClN2O. The molecule has 1 aromatic rings. The van der Waals surface area contributed by atoms with Crippen LogP contribution in [0.25, 0.3) is 0 Å². The Morgan fingerprint density at radius 1 is 1.47 bits per heavy atom. The summed E-state index contributed by atoms with van der Waals surface area (Å²) in [6.07, 6.45) is -0.00880. The highest BCUT2D eigenvalue weighted by Crippen LogP contribution is 2.19. The van der Waals surface area contributed by atoms with Crippen LogP contribution in [0.4, 0.5) is 0 Å². The summed E-state index contributed by atoms with van der Waals surface area (Å²) in [5.41, 5.74) is 7.07. The lowest BCUT2D eigenvalue weighted by Gasteiger charge is -2.18. The summed E-state index contributed by atoms with van der Waals surface area (Å²) in [5.74, 6) is 0. The molecule has 0 radical (unpaired) electrons. The van der Waals surface area contributed by atoms with Gasteiger partial charge in [-0.25, -0.2) is 0 Å². The summed E-state index contributed by atoms with van der Waals surface area (Å²) < 4.78 is 0. The third-order valence-electron chi connectivity index (χ3n) is 2.27. The van der Waals surface area contributed by atoms with Gasteiger partial charge in [0.15, 0.2) is 0 Å². The normalized spacial score (nSPS) is 13.5. The number of nitriles is 1. The average Bonchev–Trinajstić information content (AvgIpc) is 2.26. The highest BCUT2D eigenvalue weighted by Gasteiger charge is 2.17. The van der Waals surface area contributed by atoms with Crippen molar-refractivity contribution in [3.8, 4) is 6.07 Å². The molecule has 0 aliphatic carbocycles. The molecular weight excluding hydrogens is 212 g/mol. The predicted octanol–water partition coefficient (Wildman–Crippen LogP) is 1.75. The van der Waals surface area contributed by atoms with Crippen molar-refractivity contribution in [3.05, 3.63) is 35.4 Å². The van der Waals surface area contributed by atoms with E-state index >= 15 is 0 Å². The molecule has 0 fully saturated rings. The Balaban J connectivity index is 0.00000196. The van der Waals surface area contributed by atoms with Crippen molar-refractivity contribution in [1.82, 2.24) is 0 Å². The van der Waals surface area contributed by atoms with Crippen molar-refractivity contribution in [2.45, 2.75) is 25.5 Å². The zero-order valence-corrected chi connectivity index (χ0v) is 9.37. The molecule has 0 aliphatic rings. The van der Waals surface area contributed by atoms with E-state index in [1.165, 1.54) is 0 Å². The van der Waals surface area contributed by atoms with Gasteiger partial charge in [0.1, 0.15) is 0 Å². The van der Waals surface area contributed by atoms with E-state index in [9.17, 15) is 5.11 Å². The molecule has 0 amide bonds. The van der Waals surface area contributed by atoms with Gasteiger partial charge in [-0.2, -0.15) is 5.26 Å². The van der Waals surface area contributed by atoms with E-state index in [1.54, 1.807) is 18.2 Å². The summed E-state index contributed by atoms with van der Waals surface area (Å²) >= 11 is 0. The molecule has 0 saturated carbocycles. The van der Waals surface area contributed by atoms with E-state index in [0.717, 1.165) is 0 Å². The summed E-state index contributed by atoms with van der Waals surface area (Å²) in [4.78, 5) is 0. The minimum atomic E-state index is -0.593. The fourth-order valence-electron chi connectivity index (χ4n) is 1.35. The van der Waals surface area contributed by atoms with E-state index in [0.29, 0.717) is 17.5 Å². The Bertz CT molecular complexity index is 349. The third kappa shape index (κ3) is 3.21. The monoisotopic (exact) mass is 226 g/mol. The summed E-state index contributed by atoms with van der Waals surface area (Å²) in [5, 5.41) is 18.4. The molecule has 3 N–H and O–H groups in total. The topological polar surface area (TPSA) is 70.0 Å². The summed E-state index contributed by atoms with van der Waals surface area (Å²) in [6, 6.07) is 8.68. The first-order valence-electron chi connectivity index (χ1n) is 4.63. The number of hydrogen-bond acceptors (Lipinski definition) is 3. The van der Waals surface area contributed by atoms with Gasteiger partial charge in [-0.1, -0.05) is 25.1 Å². The van der Waals surface area contributed by atoms with Crippen LogP contribution in [-0.4, -0.2) is 11.2 Å². The Kier molecular flexibility index (Phi) is 5.95. The molecule has 0 saturated heterocycles. The molecule has 4 heteroatoms. The van der Waals surface area contributed by atoms with Gasteiger partial charge in [0.2, 0.25) is 0 Å². The van der Waals surface area contributed by atoms with Gasteiger partial charge < -0.3 is 10.8 Å². The van der Waals surface area contributed by atoms with Gasteiger partial charge in [0.05, 0.1) is 23.8 Å². The first kappa shape index (κ1) is 13.9. The van der Waals surface area contributed by atoms with Crippen LogP contribution in [0.5, 0.6) is 0 Å². The molecule has 0 heterocycles. The molecule has 0 bridgehead atoms. The van der Waals surface area contributed by atoms with Crippen LogP contribution < -0.4 is 5.73 Å². The van der Waals surface area contributed by atoms with E-state index in [-0.39, 0.29) is 12.4 Å². The first-order valence-corrected chi connectivity index (χ1v) is 4.63. The quantitative estimate of drug-likeness (QED) is 0.825. The fraction of sp³-hybridized carbons (Fsp3) is 0.364. The number of nitrogens with two attached hydrogens (primary N) is 1. The van der Waals surface area contributed by atoms with E-state index in [1.807, 2.05) is 13.0 Å². The van der Waals surface area contributed by atoms with Crippen LogP contribution in [0.2, 0.25) is 0 Å². The second-order valence-electron chi connectivity index (χ2n) is 3.20. The molecule has 1 aromatic carbocycles. The molecule has 1 rings (SSSR count). The van der Waals surface area contributed by atoms with Crippen molar-refractivity contribution < 1.29 is 5.11 Å². The molecule has 0 spiro atoms. The highest BCUT2D eigenvalue weighted by atomic mass is 35.5. The van der Waals surface area contributed by atoms with Crippen molar-refractivity contribution in [3.63, 3.8) is 0 Å². The minimum absolute atomic E-state index is 0. The number of halogens is 1. The van der Waals surface area contributed by atoms with Crippen LogP contribution in [0.1, 0.15) is 30.5 Å². The van der Waals surface area contributed by atoms with E-state index < -0.39 is 12.1 Å². The van der Waals surface area contributed by atoms with Crippen LogP contribution in [0, 0.1) is 11.3 Å². The van der Waals surface area contributed by atoms with Crippen molar-refractivity contribution in [2.24, 2.45) is 5.73 Å². The summed E-state index contributed by atoms with van der Waals surface area (Å²) in [6.45, 7) is 1.86. The van der Waals surface area contributed by atoms with Gasteiger partial charge in [0, 0.05) is 0 Å². The van der Waals surface area contributed by atoms with Gasteiger partial charge in [-0.15, -0.1) is 12.4 Å². The standard InChI is InChI=1S/C11H14N2O.ClH/c1-2-10(14)11(13)9-6-4-3-5-8(9)7-12;/h3-6,10-11,14H,2,13H2,1H3;1H/t10-,11+;/m1./s1. The fourth-order valence-corrected chi connectivity index (χ4v) is 1.35. The Labute approximate surface area is 95.9 Å². The maximum Gasteiger partial charge on any atom is 0.0995 e. The van der Waals surface area contributed by atoms with E-state index in [2.05, 4.69) is 6.07 Å². The lowest BCUT2D eigenvalue weighted by atomic mass is 9.96.